The number of hydrogen-bond donors (Lipinski definition) is 0. The lowest BCUT2D eigenvalue weighted by Gasteiger charge is -2.24. The van der Waals surface area contributed by atoms with Crippen LogP contribution in [0.4, 0.5) is 0 Å². The third kappa shape index (κ3) is 7.82. The molecule has 0 aliphatic carbocycles. The maximum absolute atomic E-state index is 11.8. The molecule has 0 aromatic rings. The van der Waals surface area contributed by atoms with Crippen LogP contribution in [0.25, 0.3) is 0 Å². The van der Waals surface area contributed by atoms with Gasteiger partial charge in [0.05, 0.1) is 19.1 Å². The van der Waals surface area contributed by atoms with E-state index in [0.29, 0.717) is 26.1 Å². The summed E-state index contributed by atoms with van der Waals surface area (Å²) < 4.78 is 10.1. The van der Waals surface area contributed by atoms with Crippen molar-refractivity contribution >= 4 is 11.9 Å². The maximum Gasteiger partial charge on any atom is 0.310 e. The molecule has 1 amide bonds. The molecule has 5 heteroatoms. The lowest BCUT2D eigenvalue weighted by Crippen LogP contribution is -2.38. The fourth-order valence-electron chi connectivity index (χ4n) is 1.72. The van der Waals surface area contributed by atoms with Crippen LogP contribution in [0.1, 0.15) is 40.5 Å². The smallest absolute Gasteiger partial charge is 0.310 e. The SMILES string of the molecule is CCC(=O)N(CCCOC(C)C)CC(C)C(=O)OC. The molecule has 112 valence electrons. The summed E-state index contributed by atoms with van der Waals surface area (Å²) in [6.07, 6.45) is 1.42. The Morgan fingerprint density at radius 1 is 1.21 bits per heavy atom. The number of esters is 1. The first-order chi connectivity index (χ1) is 8.92. The number of carbonyl (C=O) groups is 2. The Bertz CT molecular complexity index is 279. The van der Waals surface area contributed by atoms with Crippen molar-refractivity contribution in [1.29, 1.82) is 0 Å². The van der Waals surface area contributed by atoms with E-state index in [9.17, 15) is 9.59 Å². The van der Waals surface area contributed by atoms with Crippen LogP contribution in [0.3, 0.4) is 0 Å². The molecule has 1 unspecified atom stereocenters. The van der Waals surface area contributed by atoms with E-state index in [0.717, 1.165) is 6.42 Å². The predicted octanol–water partition coefficient (Wildman–Crippen LogP) is 1.85. The summed E-state index contributed by atoms with van der Waals surface area (Å²) in [6, 6.07) is 0. The van der Waals surface area contributed by atoms with Crippen LogP contribution < -0.4 is 0 Å². The Balaban J connectivity index is 4.24. The molecule has 0 aromatic heterocycles. The van der Waals surface area contributed by atoms with Crippen LogP contribution in [0.2, 0.25) is 0 Å². The van der Waals surface area contributed by atoms with Gasteiger partial charge in [-0.25, -0.2) is 0 Å². The molecule has 0 spiro atoms. The van der Waals surface area contributed by atoms with E-state index in [-0.39, 0.29) is 23.9 Å². The molecule has 0 aliphatic rings. The highest BCUT2D eigenvalue weighted by molar-refractivity contribution is 5.77. The number of carbonyl (C=O) groups excluding carboxylic acids is 2. The Morgan fingerprint density at radius 2 is 1.84 bits per heavy atom. The Kier molecular flexibility index (Phi) is 9.21. The standard InChI is InChI=1S/C14H27NO4/c1-6-13(16)15(8-7-9-19-11(2)3)10-12(4)14(17)18-5/h11-12H,6-10H2,1-5H3. The molecule has 0 saturated heterocycles. The quantitative estimate of drug-likeness (QED) is 0.475. The molecular weight excluding hydrogens is 246 g/mol. The molecular formula is C14H27NO4. The molecule has 0 aromatic carbocycles. The minimum atomic E-state index is -0.300. The van der Waals surface area contributed by atoms with E-state index in [1.807, 2.05) is 20.8 Å². The Hall–Kier alpha value is -1.10. The van der Waals surface area contributed by atoms with Gasteiger partial charge >= 0.3 is 5.97 Å². The van der Waals surface area contributed by atoms with Gasteiger partial charge in [0.1, 0.15) is 0 Å². The fourth-order valence-corrected chi connectivity index (χ4v) is 1.72. The molecule has 0 aliphatic heterocycles. The molecule has 5 nitrogen and oxygen atoms in total. The van der Waals surface area contributed by atoms with E-state index in [1.54, 1.807) is 11.8 Å². The third-order valence-electron chi connectivity index (χ3n) is 2.78. The average molecular weight is 273 g/mol. The summed E-state index contributed by atoms with van der Waals surface area (Å²) in [4.78, 5) is 24.9. The highest BCUT2D eigenvalue weighted by Gasteiger charge is 2.20. The van der Waals surface area contributed by atoms with Gasteiger partial charge in [-0.05, 0) is 20.3 Å². The Morgan fingerprint density at radius 3 is 2.32 bits per heavy atom. The first-order valence-corrected chi connectivity index (χ1v) is 6.89. The maximum atomic E-state index is 11.8. The van der Waals surface area contributed by atoms with Crippen LogP contribution in [-0.2, 0) is 19.1 Å². The Labute approximate surface area is 116 Å². The van der Waals surface area contributed by atoms with Gasteiger partial charge in [0.25, 0.3) is 0 Å². The second-order valence-electron chi connectivity index (χ2n) is 4.89. The van der Waals surface area contributed by atoms with E-state index in [1.165, 1.54) is 7.11 Å². The summed E-state index contributed by atoms with van der Waals surface area (Å²) in [7, 11) is 1.36. The zero-order chi connectivity index (χ0) is 14.8. The van der Waals surface area contributed by atoms with Gasteiger partial charge in [-0.15, -0.1) is 0 Å². The van der Waals surface area contributed by atoms with Crippen molar-refractivity contribution in [3.05, 3.63) is 0 Å². The van der Waals surface area contributed by atoms with E-state index < -0.39 is 0 Å². The van der Waals surface area contributed by atoms with Gasteiger partial charge in [-0.3, -0.25) is 9.59 Å². The minimum Gasteiger partial charge on any atom is -0.469 e. The topological polar surface area (TPSA) is 55.8 Å². The molecule has 0 radical (unpaired) electrons. The van der Waals surface area contributed by atoms with Crippen molar-refractivity contribution in [2.24, 2.45) is 5.92 Å². The third-order valence-corrected chi connectivity index (χ3v) is 2.78. The second-order valence-corrected chi connectivity index (χ2v) is 4.89. The number of ether oxygens (including phenoxy) is 2. The molecule has 19 heavy (non-hydrogen) atoms. The van der Waals surface area contributed by atoms with Crippen LogP contribution >= 0.6 is 0 Å². The van der Waals surface area contributed by atoms with Crippen molar-refractivity contribution < 1.29 is 19.1 Å². The van der Waals surface area contributed by atoms with Crippen molar-refractivity contribution in [1.82, 2.24) is 4.90 Å². The summed E-state index contributed by atoms with van der Waals surface area (Å²) in [5, 5.41) is 0. The number of rotatable bonds is 9. The fraction of sp³-hybridized carbons (Fsp3) is 0.857. The largest absolute Gasteiger partial charge is 0.469 e. The van der Waals surface area contributed by atoms with Gasteiger partial charge < -0.3 is 14.4 Å². The van der Waals surface area contributed by atoms with Gasteiger partial charge in [-0.2, -0.15) is 0 Å². The zero-order valence-electron chi connectivity index (χ0n) is 12.8. The summed E-state index contributed by atoms with van der Waals surface area (Å²) in [5.74, 6) is -0.529. The first kappa shape index (κ1) is 17.9. The molecule has 0 bridgehead atoms. The zero-order valence-corrected chi connectivity index (χ0v) is 12.8. The van der Waals surface area contributed by atoms with Crippen LogP contribution in [0.5, 0.6) is 0 Å². The summed E-state index contributed by atoms with van der Waals surface area (Å²) in [6.45, 7) is 9.19. The van der Waals surface area contributed by atoms with Crippen LogP contribution in [0, 0.1) is 5.92 Å². The van der Waals surface area contributed by atoms with E-state index >= 15 is 0 Å². The molecule has 0 rings (SSSR count). The monoisotopic (exact) mass is 273 g/mol. The van der Waals surface area contributed by atoms with Crippen LogP contribution in [-0.4, -0.2) is 49.7 Å². The predicted molar refractivity (Wildman–Crippen MR) is 73.8 cm³/mol. The van der Waals surface area contributed by atoms with E-state index in [2.05, 4.69) is 4.74 Å². The average Bonchev–Trinajstić information content (AvgIpc) is 2.39. The van der Waals surface area contributed by atoms with E-state index in [4.69, 9.17) is 4.74 Å². The number of methoxy groups -OCH3 is 1. The molecule has 0 heterocycles. The minimum absolute atomic E-state index is 0.0558. The molecule has 0 fully saturated rings. The first-order valence-electron chi connectivity index (χ1n) is 6.89. The van der Waals surface area contributed by atoms with Crippen molar-refractivity contribution in [3.63, 3.8) is 0 Å². The highest BCUT2D eigenvalue weighted by Crippen LogP contribution is 2.06. The highest BCUT2D eigenvalue weighted by atomic mass is 16.5. The lowest BCUT2D eigenvalue weighted by molar-refractivity contribution is -0.146. The summed E-state index contributed by atoms with van der Waals surface area (Å²) >= 11 is 0. The molecule has 1 atom stereocenters. The van der Waals surface area contributed by atoms with Gasteiger partial charge in [0.2, 0.25) is 5.91 Å². The number of amides is 1. The normalized spacial score (nSPS) is 12.3. The molecule has 0 saturated carbocycles. The van der Waals surface area contributed by atoms with Crippen molar-refractivity contribution in [2.45, 2.75) is 46.6 Å². The number of nitrogens with zero attached hydrogens (tertiary/aromatic N) is 1. The van der Waals surface area contributed by atoms with Crippen LogP contribution in [0.15, 0.2) is 0 Å². The van der Waals surface area contributed by atoms with Gasteiger partial charge in [0, 0.05) is 26.1 Å². The lowest BCUT2D eigenvalue weighted by atomic mass is 10.1. The van der Waals surface area contributed by atoms with Crippen molar-refractivity contribution in [2.75, 3.05) is 26.8 Å². The number of hydrogen-bond acceptors (Lipinski definition) is 4. The second kappa shape index (κ2) is 9.78. The van der Waals surface area contributed by atoms with Gasteiger partial charge in [-0.1, -0.05) is 13.8 Å². The van der Waals surface area contributed by atoms with Gasteiger partial charge in [0.15, 0.2) is 0 Å². The summed E-state index contributed by atoms with van der Waals surface area (Å²) in [5.41, 5.74) is 0. The molecule has 0 N–H and O–H groups in total. The van der Waals surface area contributed by atoms with Crippen molar-refractivity contribution in [3.8, 4) is 0 Å².